The van der Waals surface area contributed by atoms with Crippen LogP contribution in [0.4, 0.5) is 0 Å². The minimum absolute atomic E-state index is 0.0914. The Bertz CT molecular complexity index is 1040. The average molecular weight is 470 g/mol. The zero-order valence-corrected chi connectivity index (χ0v) is 21.7. The van der Waals surface area contributed by atoms with E-state index in [1.807, 2.05) is 19.2 Å². The molecule has 184 valence electrons. The van der Waals surface area contributed by atoms with Gasteiger partial charge >= 0.3 is 0 Å². The SMILES string of the molecule is COC1CCN(CCCC(=O)c2ccc(C(C)(C)C)cc2)C(c2ccccc2)(c2ccccc2)C1. The number of hydrogen-bond acceptors (Lipinski definition) is 3. The predicted octanol–water partition coefficient (Wildman–Crippen LogP) is 7.00. The van der Waals surface area contributed by atoms with E-state index >= 15 is 0 Å². The van der Waals surface area contributed by atoms with Crippen molar-refractivity contribution in [2.45, 2.75) is 63.5 Å². The van der Waals surface area contributed by atoms with Crippen LogP contribution in [0.2, 0.25) is 0 Å². The quantitative estimate of drug-likeness (QED) is 0.333. The molecule has 0 radical (unpaired) electrons. The van der Waals surface area contributed by atoms with Crippen LogP contribution in [-0.2, 0) is 15.7 Å². The van der Waals surface area contributed by atoms with E-state index < -0.39 is 0 Å². The van der Waals surface area contributed by atoms with E-state index in [-0.39, 0.29) is 22.8 Å². The van der Waals surface area contributed by atoms with E-state index in [4.69, 9.17) is 4.74 Å². The first-order valence-electron chi connectivity index (χ1n) is 12.9. The standard InChI is InChI=1S/C32H39NO2/c1-31(2,3)26-19-17-25(18-20-26)30(34)16-11-22-33-23-21-29(35-4)24-32(33,27-12-7-5-8-13-27)28-14-9-6-10-15-28/h5-10,12-15,17-20,29H,11,16,21-24H2,1-4H3. The number of likely N-dealkylation sites (tertiary alicyclic amines) is 1. The minimum atomic E-state index is -0.265. The average Bonchev–Trinajstić information content (AvgIpc) is 2.89. The largest absolute Gasteiger partial charge is 0.381 e. The second kappa shape index (κ2) is 10.9. The first-order valence-corrected chi connectivity index (χ1v) is 12.9. The van der Waals surface area contributed by atoms with Crippen molar-refractivity contribution < 1.29 is 9.53 Å². The fraction of sp³-hybridized carbons (Fsp3) is 0.406. The molecule has 3 nitrogen and oxygen atoms in total. The van der Waals surface area contributed by atoms with Gasteiger partial charge in [-0.2, -0.15) is 0 Å². The van der Waals surface area contributed by atoms with Crippen LogP contribution in [0.5, 0.6) is 0 Å². The smallest absolute Gasteiger partial charge is 0.162 e. The van der Waals surface area contributed by atoms with Crippen molar-refractivity contribution in [2.75, 3.05) is 20.2 Å². The molecular weight excluding hydrogens is 430 g/mol. The Balaban J connectivity index is 1.55. The highest BCUT2D eigenvalue weighted by Crippen LogP contribution is 2.44. The molecule has 0 amide bonds. The van der Waals surface area contributed by atoms with Gasteiger partial charge in [0.25, 0.3) is 0 Å². The van der Waals surface area contributed by atoms with Gasteiger partial charge in [0.05, 0.1) is 11.6 Å². The number of benzene rings is 3. The molecule has 1 saturated heterocycles. The molecular formula is C32H39NO2. The highest BCUT2D eigenvalue weighted by molar-refractivity contribution is 5.96. The molecule has 1 atom stereocenters. The van der Waals surface area contributed by atoms with Crippen molar-refractivity contribution in [2.24, 2.45) is 0 Å². The van der Waals surface area contributed by atoms with Crippen molar-refractivity contribution in [1.82, 2.24) is 4.90 Å². The van der Waals surface area contributed by atoms with E-state index in [0.29, 0.717) is 6.42 Å². The maximum atomic E-state index is 13.0. The lowest BCUT2D eigenvalue weighted by Gasteiger charge is -2.50. The molecule has 1 unspecified atom stereocenters. The molecule has 4 rings (SSSR count). The number of carbonyl (C=O) groups excluding carboxylic acids is 1. The Morgan fingerprint density at radius 1 is 0.914 bits per heavy atom. The summed E-state index contributed by atoms with van der Waals surface area (Å²) in [4.78, 5) is 15.6. The third-order valence-electron chi connectivity index (χ3n) is 7.52. The summed E-state index contributed by atoms with van der Waals surface area (Å²) in [5.41, 5.74) is 4.47. The number of ether oxygens (including phenoxy) is 1. The van der Waals surface area contributed by atoms with E-state index in [9.17, 15) is 4.79 Å². The molecule has 1 aliphatic heterocycles. The summed E-state index contributed by atoms with van der Waals surface area (Å²) in [6.45, 7) is 8.40. The molecule has 0 saturated carbocycles. The van der Waals surface area contributed by atoms with Gasteiger partial charge in [-0.05, 0) is 41.5 Å². The summed E-state index contributed by atoms with van der Waals surface area (Å²) in [5, 5.41) is 0. The number of nitrogens with zero attached hydrogens (tertiary/aromatic N) is 1. The number of carbonyl (C=O) groups is 1. The van der Waals surface area contributed by atoms with Crippen molar-refractivity contribution in [3.05, 3.63) is 107 Å². The van der Waals surface area contributed by atoms with Crippen LogP contribution in [0.3, 0.4) is 0 Å². The van der Waals surface area contributed by atoms with Crippen LogP contribution < -0.4 is 0 Å². The summed E-state index contributed by atoms with van der Waals surface area (Å²) in [5.74, 6) is 0.224. The number of hydrogen-bond donors (Lipinski definition) is 0. The molecule has 0 aliphatic carbocycles. The number of piperidine rings is 1. The monoisotopic (exact) mass is 469 g/mol. The second-order valence-electron chi connectivity index (χ2n) is 10.8. The van der Waals surface area contributed by atoms with Crippen LogP contribution in [0.15, 0.2) is 84.9 Å². The van der Waals surface area contributed by atoms with E-state index in [1.54, 1.807) is 0 Å². The molecule has 1 heterocycles. The van der Waals surface area contributed by atoms with Gasteiger partial charge in [0.2, 0.25) is 0 Å². The van der Waals surface area contributed by atoms with Gasteiger partial charge in [0.1, 0.15) is 0 Å². The van der Waals surface area contributed by atoms with Crippen LogP contribution in [0.1, 0.15) is 73.5 Å². The van der Waals surface area contributed by atoms with E-state index in [2.05, 4.69) is 98.5 Å². The predicted molar refractivity (Wildman–Crippen MR) is 144 cm³/mol. The lowest BCUT2D eigenvalue weighted by Crippen LogP contribution is -2.54. The highest BCUT2D eigenvalue weighted by Gasteiger charge is 2.45. The summed E-state index contributed by atoms with van der Waals surface area (Å²) in [7, 11) is 1.82. The van der Waals surface area contributed by atoms with Crippen molar-refractivity contribution in [1.29, 1.82) is 0 Å². The summed E-state index contributed by atoms with van der Waals surface area (Å²) >= 11 is 0. The molecule has 3 aromatic rings. The minimum Gasteiger partial charge on any atom is -0.381 e. The maximum Gasteiger partial charge on any atom is 0.162 e. The normalized spacial score (nSPS) is 18.3. The van der Waals surface area contributed by atoms with Gasteiger partial charge < -0.3 is 4.74 Å². The zero-order chi connectivity index (χ0) is 24.9. The Kier molecular flexibility index (Phi) is 7.88. The number of ketones is 1. The molecule has 0 N–H and O–H groups in total. The third-order valence-corrected chi connectivity index (χ3v) is 7.52. The van der Waals surface area contributed by atoms with Crippen LogP contribution >= 0.6 is 0 Å². The Morgan fingerprint density at radius 3 is 2.00 bits per heavy atom. The van der Waals surface area contributed by atoms with Gasteiger partial charge in [-0.3, -0.25) is 9.69 Å². The molecule has 0 spiro atoms. The third kappa shape index (κ3) is 5.58. The van der Waals surface area contributed by atoms with Gasteiger partial charge in [-0.1, -0.05) is 106 Å². The van der Waals surface area contributed by atoms with Crippen molar-refractivity contribution in [3.8, 4) is 0 Å². The molecule has 35 heavy (non-hydrogen) atoms. The van der Waals surface area contributed by atoms with Crippen LogP contribution in [0.25, 0.3) is 0 Å². The first-order chi connectivity index (χ1) is 16.8. The Morgan fingerprint density at radius 2 is 1.49 bits per heavy atom. The Labute approximate surface area is 211 Å². The summed E-state index contributed by atoms with van der Waals surface area (Å²) < 4.78 is 5.89. The molecule has 3 heteroatoms. The fourth-order valence-corrected chi connectivity index (χ4v) is 5.48. The van der Waals surface area contributed by atoms with Crippen LogP contribution in [-0.4, -0.2) is 37.0 Å². The van der Waals surface area contributed by atoms with E-state index in [0.717, 1.165) is 37.9 Å². The number of Topliss-reactive ketones (excluding diaryl/α,β-unsaturated/α-hetero) is 1. The molecule has 0 aromatic heterocycles. The zero-order valence-electron chi connectivity index (χ0n) is 21.7. The van der Waals surface area contributed by atoms with E-state index in [1.165, 1.54) is 16.7 Å². The number of methoxy groups -OCH3 is 1. The maximum absolute atomic E-state index is 13.0. The first kappa shape index (κ1) is 25.3. The summed E-state index contributed by atoms with van der Waals surface area (Å²) in [6, 6.07) is 29.8. The molecule has 1 fully saturated rings. The van der Waals surface area contributed by atoms with Crippen molar-refractivity contribution >= 4 is 5.78 Å². The van der Waals surface area contributed by atoms with Gasteiger partial charge in [-0.25, -0.2) is 0 Å². The van der Waals surface area contributed by atoms with Gasteiger partial charge in [-0.15, -0.1) is 0 Å². The molecule has 3 aromatic carbocycles. The molecule has 1 aliphatic rings. The molecule has 0 bridgehead atoms. The lowest BCUT2D eigenvalue weighted by molar-refractivity contribution is -0.0253. The topological polar surface area (TPSA) is 29.5 Å². The number of rotatable bonds is 8. The lowest BCUT2D eigenvalue weighted by atomic mass is 9.74. The fourth-order valence-electron chi connectivity index (χ4n) is 5.48. The van der Waals surface area contributed by atoms with Gasteiger partial charge in [0.15, 0.2) is 5.78 Å². The van der Waals surface area contributed by atoms with Gasteiger partial charge in [0, 0.05) is 32.1 Å². The van der Waals surface area contributed by atoms with Crippen LogP contribution in [0, 0.1) is 0 Å². The van der Waals surface area contributed by atoms with Crippen molar-refractivity contribution in [3.63, 3.8) is 0 Å². The second-order valence-corrected chi connectivity index (χ2v) is 10.8. The highest BCUT2D eigenvalue weighted by atomic mass is 16.5. The summed E-state index contributed by atoms with van der Waals surface area (Å²) in [6.07, 6.45) is 3.49. The Hall–Kier alpha value is -2.75.